The maximum Gasteiger partial charge on any atom is -0.0235 e. The van der Waals surface area contributed by atoms with Gasteiger partial charge in [-0.25, -0.2) is 0 Å². The number of fused-ring (bicyclic) bond motifs is 2. The Hall–Kier alpha value is 0. The molecule has 0 heterocycles. The summed E-state index contributed by atoms with van der Waals surface area (Å²) in [6.45, 7) is 0. The second-order valence-electron chi connectivity index (χ2n) is 9.87. The van der Waals surface area contributed by atoms with E-state index in [1.807, 2.05) is 0 Å². The average Bonchev–Trinajstić information content (AvgIpc) is 3.13. The van der Waals surface area contributed by atoms with E-state index in [0.29, 0.717) is 0 Å². The summed E-state index contributed by atoms with van der Waals surface area (Å²) in [4.78, 5) is 0. The van der Waals surface area contributed by atoms with Crippen LogP contribution < -0.4 is 0 Å². The van der Waals surface area contributed by atoms with Gasteiger partial charge >= 0.3 is 0 Å². The van der Waals surface area contributed by atoms with Crippen molar-refractivity contribution in [2.45, 2.75) is 96.3 Å². The Kier molecular flexibility index (Phi) is 3.60. The van der Waals surface area contributed by atoms with Crippen LogP contribution in [-0.4, -0.2) is 0 Å². The van der Waals surface area contributed by atoms with Gasteiger partial charge in [0.15, 0.2) is 0 Å². The molecule has 5 saturated carbocycles. The van der Waals surface area contributed by atoms with Gasteiger partial charge in [0.05, 0.1) is 0 Å². The van der Waals surface area contributed by atoms with E-state index < -0.39 is 0 Å². The summed E-state index contributed by atoms with van der Waals surface area (Å²) in [6, 6.07) is 0. The van der Waals surface area contributed by atoms with Crippen molar-refractivity contribution in [3.8, 4) is 0 Å². The first-order valence-electron chi connectivity index (χ1n) is 10.9. The minimum absolute atomic E-state index is 0.855. The molecular formula is C22H36. The van der Waals surface area contributed by atoms with Crippen LogP contribution in [0, 0.1) is 40.9 Å². The highest BCUT2D eigenvalue weighted by Gasteiger charge is 2.58. The zero-order valence-corrected chi connectivity index (χ0v) is 14.6. The number of hydrogen-bond donors (Lipinski definition) is 0. The number of rotatable bonds is 2. The second kappa shape index (κ2) is 5.52. The molecule has 0 N–H and O–H groups in total. The van der Waals surface area contributed by atoms with Crippen molar-refractivity contribution in [1.29, 1.82) is 0 Å². The zero-order valence-electron chi connectivity index (χ0n) is 14.6. The van der Waals surface area contributed by atoms with Crippen molar-refractivity contribution in [3.05, 3.63) is 0 Å². The standard InChI is InChI=1S/C22H36/c1-3-8-18-16(6-1)10-12-20(18)22(14-5-15-22)21-13-11-17-7-2-4-9-19(17)21/h16-21H,1-15H2. The first kappa shape index (κ1) is 14.4. The molecule has 0 amide bonds. The van der Waals surface area contributed by atoms with Gasteiger partial charge in [-0.1, -0.05) is 44.9 Å². The lowest BCUT2D eigenvalue weighted by Gasteiger charge is -2.56. The van der Waals surface area contributed by atoms with Crippen LogP contribution in [0.2, 0.25) is 0 Å². The molecule has 5 aliphatic carbocycles. The molecule has 6 unspecified atom stereocenters. The van der Waals surface area contributed by atoms with E-state index in [4.69, 9.17) is 0 Å². The predicted molar refractivity (Wildman–Crippen MR) is 92.6 cm³/mol. The van der Waals surface area contributed by atoms with Crippen LogP contribution in [0.4, 0.5) is 0 Å². The molecule has 0 radical (unpaired) electrons. The third-order valence-electron chi connectivity index (χ3n) is 9.43. The first-order valence-corrected chi connectivity index (χ1v) is 10.9. The maximum atomic E-state index is 1.63. The van der Waals surface area contributed by atoms with Crippen LogP contribution in [0.5, 0.6) is 0 Å². The van der Waals surface area contributed by atoms with Crippen molar-refractivity contribution in [1.82, 2.24) is 0 Å². The van der Waals surface area contributed by atoms with E-state index in [0.717, 1.165) is 40.9 Å². The molecule has 0 spiro atoms. The van der Waals surface area contributed by atoms with Crippen LogP contribution in [0.25, 0.3) is 0 Å². The fraction of sp³-hybridized carbons (Fsp3) is 1.00. The maximum absolute atomic E-state index is 1.63. The van der Waals surface area contributed by atoms with Crippen molar-refractivity contribution in [2.24, 2.45) is 40.9 Å². The number of hydrogen-bond acceptors (Lipinski definition) is 0. The SMILES string of the molecule is C1CCC2C(C1)CCC2C1(C2CCC3CCCCC32)CCC1. The fourth-order valence-electron chi connectivity index (χ4n) is 8.49. The second-order valence-corrected chi connectivity index (χ2v) is 9.87. The van der Waals surface area contributed by atoms with Crippen LogP contribution in [0.3, 0.4) is 0 Å². The van der Waals surface area contributed by atoms with Gasteiger partial charge in [-0.15, -0.1) is 0 Å². The molecule has 5 rings (SSSR count). The molecule has 0 aromatic rings. The average molecular weight is 301 g/mol. The molecule has 5 aliphatic rings. The van der Waals surface area contributed by atoms with Gasteiger partial charge in [0.2, 0.25) is 0 Å². The molecule has 0 aromatic carbocycles. The highest BCUT2D eigenvalue weighted by atomic mass is 14.6. The third kappa shape index (κ3) is 2.01. The Morgan fingerprint density at radius 1 is 0.455 bits per heavy atom. The van der Waals surface area contributed by atoms with E-state index in [2.05, 4.69) is 0 Å². The monoisotopic (exact) mass is 300 g/mol. The van der Waals surface area contributed by atoms with Gasteiger partial charge in [-0.3, -0.25) is 0 Å². The fourth-order valence-corrected chi connectivity index (χ4v) is 8.49. The topological polar surface area (TPSA) is 0 Å². The van der Waals surface area contributed by atoms with Crippen LogP contribution in [0.1, 0.15) is 96.3 Å². The van der Waals surface area contributed by atoms with Crippen LogP contribution in [0.15, 0.2) is 0 Å². The molecule has 0 aromatic heterocycles. The lowest BCUT2D eigenvalue weighted by molar-refractivity contribution is -0.0675. The Balaban J connectivity index is 1.41. The smallest absolute Gasteiger partial charge is 0.0235 e. The Morgan fingerprint density at radius 2 is 0.955 bits per heavy atom. The lowest BCUT2D eigenvalue weighted by Crippen LogP contribution is -2.48. The first-order chi connectivity index (χ1) is 10.9. The van der Waals surface area contributed by atoms with Gasteiger partial charge in [-0.2, -0.15) is 0 Å². The summed E-state index contributed by atoms with van der Waals surface area (Å²) in [5.41, 5.74) is 0.855. The quantitative estimate of drug-likeness (QED) is 0.539. The predicted octanol–water partition coefficient (Wildman–Crippen LogP) is 6.59. The molecule has 124 valence electrons. The van der Waals surface area contributed by atoms with Crippen molar-refractivity contribution in [3.63, 3.8) is 0 Å². The third-order valence-corrected chi connectivity index (χ3v) is 9.43. The van der Waals surface area contributed by atoms with Gasteiger partial charge in [0.25, 0.3) is 0 Å². The summed E-state index contributed by atoms with van der Waals surface area (Å²) >= 11 is 0. The molecule has 6 atom stereocenters. The van der Waals surface area contributed by atoms with Gasteiger partial charge in [-0.05, 0) is 92.3 Å². The lowest BCUT2D eigenvalue weighted by atomic mass is 9.49. The van der Waals surface area contributed by atoms with E-state index in [1.54, 1.807) is 96.3 Å². The molecule has 0 nitrogen and oxygen atoms in total. The van der Waals surface area contributed by atoms with E-state index in [1.165, 1.54) is 0 Å². The van der Waals surface area contributed by atoms with E-state index >= 15 is 0 Å². The molecule has 22 heavy (non-hydrogen) atoms. The summed E-state index contributed by atoms with van der Waals surface area (Å²) in [5, 5.41) is 0. The summed E-state index contributed by atoms with van der Waals surface area (Å²) in [5.74, 6) is 6.96. The Morgan fingerprint density at radius 3 is 1.41 bits per heavy atom. The molecular weight excluding hydrogens is 264 g/mol. The van der Waals surface area contributed by atoms with Crippen LogP contribution in [-0.2, 0) is 0 Å². The molecule has 0 saturated heterocycles. The minimum atomic E-state index is 0.855. The Bertz CT molecular complexity index is 372. The molecule has 0 bridgehead atoms. The van der Waals surface area contributed by atoms with Gasteiger partial charge < -0.3 is 0 Å². The molecule has 0 aliphatic heterocycles. The minimum Gasteiger partial charge on any atom is -0.0530 e. The summed E-state index contributed by atoms with van der Waals surface area (Å²) < 4.78 is 0. The highest BCUT2D eigenvalue weighted by Crippen LogP contribution is 2.67. The van der Waals surface area contributed by atoms with E-state index in [9.17, 15) is 0 Å². The van der Waals surface area contributed by atoms with Crippen molar-refractivity contribution >= 4 is 0 Å². The summed E-state index contributed by atoms with van der Waals surface area (Å²) in [6.07, 6.45) is 23.9. The van der Waals surface area contributed by atoms with Crippen LogP contribution >= 0.6 is 0 Å². The van der Waals surface area contributed by atoms with Gasteiger partial charge in [0.1, 0.15) is 0 Å². The molecule has 5 fully saturated rings. The highest BCUT2D eigenvalue weighted by molar-refractivity contribution is 5.08. The zero-order chi connectivity index (χ0) is 14.6. The van der Waals surface area contributed by atoms with Crippen molar-refractivity contribution < 1.29 is 0 Å². The molecule has 0 heteroatoms. The van der Waals surface area contributed by atoms with Crippen molar-refractivity contribution in [2.75, 3.05) is 0 Å². The largest absolute Gasteiger partial charge is 0.0530 e. The normalized spacial score (nSPS) is 50.2. The Labute approximate surface area is 137 Å². The summed E-state index contributed by atoms with van der Waals surface area (Å²) in [7, 11) is 0. The van der Waals surface area contributed by atoms with Gasteiger partial charge in [0, 0.05) is 0 Å². The van der Waals surface area contributed by atoms with E-state index in [-0.39, 0.29) is 0 Å².